The lowest BCUT2D eigenvalue weighted by Crippen LogP contribution is -2.39. The number of thioether (sulfide) groups is 2. The highest BCUT2D eigenvalue weighted by molar-refractivity contribution is 8.01. The summed E-state index contributed by atoms with van der Waals surface area (Å²) in [5, 5.41) is 13.7. The second-order valence-corrected chi connectivity index (χ2v) is 9.03. The minimum absolute atomic E-state index is 0.150. The first-order valence-electron chi connectivity index (χ1n) is 7.92. The predicted molar refractivity (Wildman–Crippen MR) is 103 cm³/mol. The minimum atomic E-state index is -0.492. The van der Waals surface area contributed by atoms with E-state index < -0.39 is 11.2 Å². The Morgan fingerprint density at radius 3 is 3.00 bits per heavy atom. The van der Waals surface area contributed by atoms with E-state index in [0.29, 0.717) is 5.13 Å². The van der Waals surface area contributed by atoms with E-state index in [2.05, 4.69) is 27.8 Å². The van der Waals surface area contributed by atoms with Crippen molar-refractivity contribution in [2.24, 2.45) is 5.92 Å². The molecule has 25 heavy (non-hydrogen) atoms. The van der Waals surface area contributed by atoms with E-state index in [0.717, 1.165) is 27.1 Å². The number of anilines is 2. The van der Waals surface area contributed by atoms with Gasteiger partial charge in [0, 0.05) is 10.6 Å². The molecule has 0 fully saturated rings. The highest BCUT2D eigenvalue weighted by Gasteiger charge is 2.35. The number of nitrogens with zero attached hydrogens (tertiary/aromatic N) is 2. The second-order valence-electron chi connectivity index (χ2n) is 5.52. The first-order valence-corrected chi connectivity index (χ1v) is 10.6. The molecule has 2 unspecified atom stereocenters. The van der Waals surface area contributed by atoms with Gasteiger partial charge >= 0.3 is 0 Å². The van der Waals surface area contributed by atoms with Crippen LogP contribution < -0.4 is 10.6 Å². The molecule has 1 aromatic heterocycles. The van der Waals surface area contributed by atoms with Crippen molar-refractivity contribution in [3.05, 3.63) is 24.3 Å². The zero-order valence-corrected chi connectivity index (χ0v) is 16.3. The summed E-state index contributed by atoms with van der Waals surface area (Å²) in [6, 6.07) is 7.60. The van der Waals surface area contributed by atoms with Crippen LogP contribution >= 0.6 is 34.9 Å². The van der Waals surface area contributed by atoms with Crippen LogP contribution in [0.5, 0.6) is 0 Å². The minimum Gasteiger partial charge on any atom is -0.324 e. The largest absolute Gasteiger partial charge is 0.324 e. The van der Waals surface area contributed by atoms with Gasteiger partial charge in [-0.2, -0.15) is 0 Å². The molecule has 0 bridgehead atoms. The van der Waals surface area contributed by atoms with E-state index in [1.807, 2.05) is 24.3 Å². The van der Waals surface area contributed by atoms with Crippen LogP contribution in [0.3, 0.4) is 0 Å². The third kappa shape index (κ3) is 4.34. The lowest BCUT2D eigenvalue weighted by Gasteiger charge is -2.27. The summed E-state index contributed by atoms with van der Waals surface area (Å²) in [6.45, 7) is 3.86. The van der Waals surface area contributed by atoms with Crippen LogP contribution in [-0.2, 0) is 9.59 Å². The molecule has 2 amide bonds. The number of carbonyl (C=O) groups excluding carboxylic acids is 2. The van der Waals surface area contributed by atoms with Gasteiger partial charge in [0.1, 0.15) is 0 Å². The Morgan fingerprint density at radius 1 is 1.40 bits per heavy atom. The first kappa shape index (κ1) is 18.2. The van der Waals surface area contributed by atoms with E-state index >= 15 is 0 Å². The number of fused-ring (bicyclic) bond motifs is 1. The monoisotopic (exact) mass is 394 g/mol. The fourth-order valence-corrected chi connectivity index (χ4v) is 5.11. The van der Waals surface area contributed by atoms with E-state index in [1.165, 1.54) is 23.1 Å². The maximum absolute atomic E-state index is 12.5. The topological polar surface area (TPSA) is 84.0 Å². The first-order chi connectivity index (χ1) is 12.1. The van der Waals surface area contributed by atoms with Crippen LogP contribution in [0.2, 0.25) is 0 Å². The third-order valence-electron chi connectivity index (χ3n) is 3.59. The highest BCUT2D eigenvalue weighted by Crippen LogP contribution is 2.38. The molecule has 1 aromatic carbocycles. The molecule has 0 spiro atoms. The van der Waals surface area contributed by atoms with E-state index in [-0.39, 0.29) is 11.8 Å². The highest BCUT2D eigenvalue weighted by atomic mass is 32.2. The molecule has 2 aromatic rings. The summed E-state index contributed by atoms with van der Waals surface area (Å²) in [7, 11) is 0. The summed E-state index contributed by atoms with van der Waals surface area (Å²) in [5.41, 5.74) is 0.795. The SMILES string of the molecule is CCCSc1nnc(NC(=O)C(C)C2Sc3ccccc3NC2=O)s1. The number of hydrogen-bond acceptors (Lipinski definition) is 7. The van der Waals surface area contributed by atoms with Gasteiger partial charge in [0.25, 0.3) is 0 Å². The van der Waals surface area contributed by atoms with Crippen LogP contribution in [-0.4, -0.2) is 33.0 Å². The Kier molecular flexibility index (Phi) is 5.98. The Hall–Kier alpha value is -1.58. The fraction of sp³-hybridized carbons (Fsp3) is 0.375. The van der Waals surface area contributed by atoms with E-state index in [4.69, 9.17) is 0 Å². The van der Waals surface area contributed by atoms with Crippen LogP contribution in [0, 0.1) is 5.92 Å². The van der Waals surface area contributed by atoms with E-state index in [9.17, 15) is 9.59 Å². The number of hydrogen-bond donors (Lipinski definition) is 2. The van der Waals surface area contributed by atoms with Gasteiger partial charge in [0.15, 0.2) is 4.34 Å². The second kappa shape index (κ2) is 8.20. The van der Waals surface area contributed by atoms with Crippen LogP contribution in [0.4, 0.5) is 10.8 Å². The standard InChI is InChI=1S/C16H18N4O2S3/c1-3-8-23-16-20-19-15(25-16)18-13(21)9(2)12-14(22)17-10-6-4-5-7-11(10)24-12/h4-7,9,12H,3,8H2,1-2H3,(H,17,22)(H,18,19,21). The molecule has 2 heterocycles. The lowest BCUT2D eigenvalue weighted by molar-refractivity contribution is -0.123. The Balaban J connectivity index is 1.64. The van der Waals surface area contributed by atoms with Crippen molar-refractivity contribution in [2.75, 3.05) is 16.4 Å². The summed E-state index contributed by atoms with van der Waals surface area (Å²) in [5.74, 6) is 0.101. The number of rotatable bonds is 6. The number of nitrogens with one attached hydrogen (secondary N) is 2. The van der Waals surface area contributed by atoms with Crippen LogP contribution in [0.15, 0.2) is 33.5 Å². The third-order valence-corrected chi connectivity index (χ3v) is 7.26. The van der Waals surface area contributed by atoms with Crippen molar-refractivity contribution in [1.82, 2.24) is 10.2 Å². The van der Waals surface area contributed by atoms with Crippen LogP contribution in [0.25, 0.3) is 0 Å². The molecule has 6 nitrogen and oxygen atoms in total. The summed E-state index contributed by atoms with van der Waals surface area (Å²) in [6.07, 6.45) is 1.05. The van der Waals surface area contributed by atoms with Crippen molar-refractivity contribution in [1.29, 1.82) is 0 Å². The number of benzene rings is 1. The molecular formula is C16H18N4O2S3. The fourth-order valence-electron chi connectivity index (χ4n) is 2.26. The van der Waals surface area contributed by atoms with Gasteiger partial charge in [-0.25, -0.2) is 0 Å². The molecule has 0 radical (unpaired) electrons. The normalized spacial score (nSPS) is 17.5. The van der Waals surface area contributed by atoms with Crippen molar-refractivity contribution >= 4 is 57.5 Å². The zero-order valence-electron chi connectivity index (χ0n) is 13.8. The van der Waals surface area contributed by atoms with Gasteiger partial charge in [-0.1, -0.05) is 49.1 Å². The molecule has 0 saturated heterocycles. The molecule has 2 N–H and O–H groups in total. The molecule has 9 heteroatoms. The quantitative estimate of drug-likeness (QED) is 0.574. The number of aromatic nitrogens is 2. The Morgan fingerprint density at radius 2 is 2.20 bits per heavy atom. The lowest BCUT2D eigenvalue weighted by atomic mass is 10.1. The van der Waals surface area contributed by atoms with Gasteiger partial charge in [-0.3, -0.25) is 9.59 Å². The van der Waals surface area contributed by atoms with Crippen molar-refractivity contribution in [2.45, 2.75) is 34.8 Å². The number of para-hydroxylation sites is 1. The maximum atomic E-state index is 12.5. The average molecular weight is 395 g/mol. The Bertz CT molecular complexity index is 780. The van der Waals surface area contributed by atoms with Crippen molar-refractivity contribution in [3.63, 3.8) is 0 Å². The molecular weight excluding hydrogens is 376 g/mol. The summed E-state index contributed by atoms with van der Waals surface area (Å²) < 4.78 is 0.837. The Labute approximate surface area is 158 Å². The predicted octanol–water partition coefficient (Wildman–Crippen LogP) is 3.73. The van der Waals surface area contributed by atoms with Gasteiger partial charge in [0.2, 0.25) is 16.9 Å². The van der Waals surface area contributed by atoms with Gasteiger partial charge in [-0.15, -0.1) is 22.0 Å². The smallest absolute Gasteiger partial charge is 0.238 e. The van der Waals surface area contributed by atoms with Gasteiger partial charge in [0.05, 0.1) is 16.9 Å². The molecule has 1 aliphatic rings. The number of carbonyl (C=O) groups is 2. The number of amides is 2. The molecule has 0 saturated carbocycles. The van der Waals surface area contributed by atoms with Gasteiger partial charge in [-0.05, 0) is 18.6 Å². The summed E-state index contributed by atoms with van der Waals surface area (Å²) in [4.78, 5) is 25.8. The van der Waals surface area contributed by atoms with E-state index in [1.54, 1.807) is 18.7 Å². The van der Waals surface area contributed by atoms with Crippen molar-refractivity contribution < 1.29 is 9.59 Å². The molecule has 1 aliphatic heterocycles. The van der Waals surface area contributed by atoms with Crippen LogP contribution in [0.1, 0.15) is 20.3 Å². The summed E-state index contributed by atoms with van der Waals surface area (Å²) >= 11 is 4.40. The maximum Gasteiger partial charge on any atom is 0.238 e. The zero-order chi connectivity index (χ0) is 17.8. The molecule has 0 aliphatic carbocycles. The van der Waals surface area contributed by atoms with Crippen molar-refractivity contribution in [3.8, 4) is 0 Å². The molecule has 2 atom stereocenters. The average Bonchev–Trinajstić information content (AvgIpc) is 3.06. The molecule has 132 valence electrons. The molecule has 3 rings (SSSR count). The van der Waals surface area contributed by atoms with Gasteiger partial charge < -0.3 is 10.6 Å².